The van der Waals surface area contributed by atoms with Crippen molar-refractivity contribution < 1.29 is 19.8 Å². The lowest BCUT2D eigenvalue weighted by atomic mass is 9.63. The average molecular weight is 286 g/mol. The molecule has 116 valence electrons. The fourth-order valence-corrected chi connectivity index (χ4v) is 3.52. The molecule has 1 fully saturated rings. The molecule has 0 saturated heterocycles. The lowest BCUT2D eigenvalue weighted by Gasteiger charge is -2.45. The Morgan fingerprint density at radius 3 is 2.10 bits per heavy atom. The van der Waals surface area contributed by atoms with E-state index in [1.165, 1.54) is 0 Å². The molecule has 1 aliphatic carbocycles. The van der Waals surface area contributed by atoms with Gasteiger partial charge in [0, 0.05) is 6.04 Å². The molecule has 1 atom stereocenters. The van der Waals surface area contributed by atoms with Crippen LogP contribution in [0.25, 0.3) is 0 Å². The second-order valence-electron chi connectivity index (χ2n) is 7.30. The van der Waals surface area contributed by atoms with Crippen molar-refractivity contribution in [3.63, 3.8) is 0 Å². The van der Waals surface area contributed by atoms with Crippen molar-refractivity contribution in [1.82, 2.24) is 10.6 Å². The van der Waals surface area contributed by atoms with Crippen molar-refractivity contribution in [3.05, 3.63) is 0 Å². The fraction of sp³-hybridized carbons (Fsp3) is 0.857. The standard InChI is InChI=1S/C14H26N2O4/c1-13(2)5-9(6-14(3,4)8-13)15-12(20)16-10(7-17)11(18)19/h9-10,17H,5-8H2,1-4H3,(H,18,19)(H2,15,16,20)/t10-/m0/s1. The van der Waals surface area contributed by atoms with Crippen molar-refractivity contribution in [2.24, 2.45) is 10.8 Å². The highest BCUT2D eigenvalue weighted by molar-refractivity contribution is 5.82. The van der Waals surface area contributed by atoms with Crippen LogP contribution in [0.1, 0.15) is 47.0 Å². The summed E-state index contributed by atoms with van der Waals surface area (Å²) in [5.74, 6) is -1.24. The van der Waals surface area contributed by atoms with Crippen molar-refractivity contribution in [2.75, 3.05) is 6.61 Å². The normalized spacial score (nSPS) is 22.9. The third-order valence-corrected chi connectivity index (χ3v) is 3.68. The van der Waals surface area contributed by atoms with Crippen LogP contribution in [0.2, 0.25) is 0 Å². The summed E-state index contributed by atoms with van der Waals surface area (Å²) in [5, 5.41) is 22.8. The Hall–Kier alpha value is -1.30. The Bertz CT molecular complexity index is 363. The predicted molar refractivity (Wildman–Crippen MR) is 75.4 cm³/mol. The minimum atomic E-state index is -1.26. The van der Waals surface area contributed by atoms with Crippen LogP contribution in [0.5, 0.6) is 0 Å². The highest BCUT2D eigenvalue weighted by Gasteiger charge is 2.39. The number of nitrogens with one attached hydrogen (secondary N) is 2. The molecule has 6 nitrogen and oxygen atoms in total. The van der Waals surface area contributed by atoms with Crippen molar-refractivity contribution >= 4 is 12.0 Å². The highest BCUT2D eigenvalue weighted by atomic mass is 16.4. The van der Waals surface area contributed by atoms with E-state index in [1.807, 2.05) is 0 Å². The van der Waals surface area contributed by atoms with Gasteiger partial charge in [-0.2, -0.15) is 0 Å². The molecule has 0 aromatic rings. The van der Waals surface area contributed by atoms with Gasteiger partial charge in [0.25, 0.3) is 0 Å². The van der Waals surface area contributed by atoms with Gasteiger partial charge in [0.05, 0.1) is 6.61 Å². The second kappa shape index (κ2) is 5.99. The number of urea groups is 1. The summed E-state index contributed by atoms with van der Waals surface area (Å²) in [6.45, 7) is 8.08. The number of hydrogen-bond donors (Lipinski definition) is 4. The summed E-state index contributed by atoms with van der Waals surface area (Å²) in [7, 11) is 0. The summed E-state index contributed by atoms with van der Waals surface area (Å²) < 4.78 is 0. The van der Waals surface area contributed by atoms with Gasteiger partial charge in [-0.3, -0.25) is 0 Å². The van der Waals surface area contributed by atoms with E-state index in [1.54, 1.807) is 0 Å². The van der Waals surface area contributed by atoms with Gasteiger partial charge in [-0.1, -0.05) is 27.7 Å². The minimum Gasteiger partial charge on any atom is -0.480 e. The molecule has 1 rings (SSSR count). The molecule has 0 bridgehead atoms. The van der Waals surface area contributed by atoms with Gasteiger partial charge in [-0.05, 0) is 30.1 Å². The predicted octanol–water partition coefficient (Wildman–Crippen LogP) is 1.34. The van der Waals surface area contributed by atoms with E-state index in [-0.39, 0.29) is 16.9 Å². The summed E-state index contributed by atoms with van der Waals surface area (Å²) in [6.07, 6.45) is 2.82. The zero-order valence-corrected chi connectivity index (χ0v) is 12.7. The SMILES string of the molecule is CC1(C)CC(NC(=O)N[C@@H](CO)C(=O)O)CC(C)(C)C1. The quantitative estimate of drug-likeness (QED) is 0.626. The Labute approximate surface area is 119 Å². The van der Waals surface area contributed by atoms with Crippen LogP contribution in [0.3, 0.4) is 0 Å². The summed E-state index contributed by atoms with van der Waals surface area (Å²) >= 11 is 0. The maximum atomic E-state index is 11.8. The Balaban J connectivity index is 2.59. The molecule has 0 radical (unpaired) electrons. The van der Waals surface area contributed by atoms with Crippen molar-refractivity contribution in [3.8, 4) is 0 Å². The topological polar surface area (TPSA) is 98.7 Å². The molecule has 0 aliphatic heterocycles. The monoisotopic (exact) mass is 286 g/mol. The number of aliphatic carboxylic acids is 1. The van der Waals surface area contributed by atoms with Gasteiger partial charge in [0.15, 0.2) is 6.04 Å². The molecule has 4 N–H and O–H groups in total. The zero-order valence-electron chi connectivity index (χ0n) is 12.7. The third kappa shape index (κ3) is 5.00. The summed E-state index contributed by atoms with van der Waals surface area (Å²) in [6, 6.07) is -1.79. The van der Waals surface area contributed by atoms with Gasteiger partial charge in [0.2, 0.25) is 0 Å². The average Bonchev–Trinajstić information content (AvgIpc) is 2.20. The Morgan fingerprint density at radius 2 is 1.70 bits per heavy atom. The summed E-state index contributed by atoms with van der Waals surface area (Å²) in [5.41, 5.74) is 0.283. The molecule has 20 heavy (non-hydrogen) atoms. The number of rotatable bonds is 4. The number of hydrogen-bond acceptors (Lipinski definition) is 3. The lowest BCUT2D eigenvalue weighted by molar-refractivity contribution is -0.140. The number of carbonyl (C=O) groups is 2. The number of carboxylic acids is 1. The van der Waals surface area contributed by atoms with Crippen LogP contribution < -0.4 is 10.6 Å². The van der Waals surface area contributed by atoms with Crippen molar-refractivity contribution in [2.45, 2.75) is 59.0 Å². The molecule has 6 heteroatoms. The van der Waals surface area contributed by atoms with E-state index in [4.69, 9.17) is 10.2 Å². The van der Waals surface area contributed by atoms with Gasteiger partial charge < -0.3 is 20.8 Å². The largest absolute Gasteiger partial charge is 0.480 e. The van der Waals surface area contributed by atoms with E-state index >= 15 is 0 Å². The van der Waals surface area contributed by atoms with Gasteiger partial charge >= 0.3 is 12.0 Å². The van der Waals surface area contributed by atoms with E-state index in [0.717, 1.165) is 19.3 Å². The number of carboxylic acid groups (broad SMARTS) is 1. The number of amides is 2. The van der Waals surface area contributed by atoms with Crippen LogP contribution in [0.15, 0.2) is 0 Å². The second-order valence-corrected chi connectivity index (χ2v) is 7.30. The first kappa shape index (κ1) is 16.8. The molecular formula is C14H26N2O4. The molecule has 0 spiro atoms. The molecule has 0 heterocycles. The molecule has 2 amide bonds. The zero-order chi connectivity index (χ0) is 15.6. The maximum Gasteiger partial charge on any atom is 0.328 e. The van der Waals surface area contributed by atoms with E-state index in [9.17, 15) is 9.59 Å². The van der Waals surface area contributed by atoms with Crippen LogP contribution in [0, 0.1) is 10.8 Å². The van der Waals surface area contributed by atoms with Crippen LogP contribution >= 0.6 is 0 Å². The first-order valence-corrected chi connectivity index (χ1v) is 6.95. The van der Waals surface area contributed by atoms with Crippen LogP contribution in [-0.2, 0) is 4.79 Å². The molecule has 0 aromatic carbocycles. The maximum absolute atomic E-state index is 11.8. The van der Waals surface area contributed by atoms with Gasteiger partial charge in [-0.25, -0.2) is 9.59 Å². The number of carbonyl (C=O) groups excluding carboxylic acids is 1. The number of aliphatic hydroxyl groups is 1. The van der Waals surface area contributed by atoms with Gasteiger partial charge in [-0.15, -0.1) is 0 Å². The molecule has 1 saturated carbocycles. The summed E-state index contributed by atoms with van der Waals surface area (Å²) in [4.78, 5) is 22.6. The van der Waals surface area contributed by atoms with Crippen LogP contribution in [-0.4, -0.2) is 40.9 Å². The first-order chi connectivity index (χ1) is 9.04. The van der Waals surface area contributed by atoms with Crippen molar-refractivity contribution in [1.29, 1.82) is 0 Å². The first-order valence-electron chi connectivity index (χ1n) is 6.95. The van der Waals surface area contributed by atoms with Gasteiger partial charge in [0.1, 0.15) is 0 Å². The Kier molecular flexibility index (Phi) is 5.02. The molecule has 0 unspecified atom stereocenters. The minimum absolute atomic E-state index is 0.0156. The molecule has 1 aliphatic rings. The van der Waals surface area contributed by atoms with E-state index < -0.39 is 24.6 Å². The molecular weight excluding hydrogens is 260 g/mol. The fourth-order valence-electron chi connectivity index (χ4n) is 3.52. The van der Waals surface area contributed by atoms with Crippen LogP contribution in [0.4, 0.5) is 4.79 Å². The Morgan fingerprint density at radius 1 is 1.20 bits per heavy atom. The van der Waals surface area contributed by atoms with E-state index in [0.29, 0.717) is 0 Å². The highest BCUT2D eigenvalue weighted by Crippen LogP contribution is 2.45. The third-order valence-electron chi connectivity index (χ3n) is 3.68. The lowest BCUT2D eigenvalue weighted by Crippen LogP contribution is -2.53. The van der Waals surface area contributed by atoms with E-state index in [2.05, 4.69) is 38.3 Å². The molecule has 0 aromatic heterocycles. The smallest absolute Gasteiger partial charge is 0.328 e. The number of aliphatic hydroxyl groups excluding tert-OH is 1.